The molecule has 3 rings (SSSR count). The van der Waals surface area contributed by atoms with Crippen molar-refractivity contribution in [2.75, 3.05) is 0 Å². The number of aryl methyl sites for hydroxylation is 4. The maximum absolute atomic E-state index is 12.8. The number of allylic oxidation sites excluding steroid dienone is 2. The monoisotopic (exact) mass is 556 g/mol. The molecule has 1 atom stereocenters. The molecule has 0 radical (unpaired) electrons. The van der Waals surface area contributed by atoms with Crippen molar-refractivity contribution in [3.05, 3.63) is 83.0 Å². The molecule has 2 heteroatoms. The molecule has 1 unspecified atom stereocenters. The Labute approximate surface area is 250 Å². The molecule has 1 nitrogen and oxygen atoms in total. The van der Waals surface area contributed by atoms with E-state index < -0.39 is 0 Å². The lowest BCUT2D eigenvalue weighted by Gasteiger charge is -2.33. The van der Waals surface area contributed by atoms with E-state index in [0.717, 1.165) is 28.9 Å². The molecule has 0 spiro atoms. The maximum atomic E-state index is 12.8. The predicted molar refractivity (Wildman–Crippen MR) is 183 cm³/mol. The number of hydrogen-bond donors (Lipinski definition) is 0. The molecular weight excluding hydrogens is 489 g/mol. The average Bonchev–Trinajstić information content (AvgIpc) is 2.78. The summed E-state index contributed by atoms with van der Waals surface area (Å²) in [5, 5.41) is 0. The van der Waals surface area contributed by atoms with Crippen LogP contribution in [-0.2, 0) is 0 Å². The summed E-state index contributed by atoms with van der Waals surface area (Å²) in [5.74, 6) is 2.67. The van der Waals surface area contributed by atoms with Gasteiger partial charge in [0.2, 0.25) is 0 Å². The van der Waals surface area contributed by atoms with Gasteiger partial charge < -0.3 is 0 Å². The molecule has 0 bridgehead atoms. The molecule has 1 aromatic carbocycles. The second-order valence-electron chi connectivity index (χ2n) is 13.2. The van der Waals surface area contributed by atoms with Crippen molar-refractivity contribution in [3.63, 3.8) is 0 Å². The first-order valence-electron chi connectivity index (χ1n) is 15.2. The van der Waals surface area contributed by atoms with E-state index in [1.54, 1.807) is 13.1 Å². The summed E-state index contributed by atoms with van der Waals surface area (Å²) in [4.78, 5) is 3.86. The summed E-state index contributed by atoms with van der Waals surface area (Å²) < 4.78 is 12.8. The Balaban J connectivity index is -0.000000438. The van der Waals surface area contributed by atoms with Gasteiger partial charge in [-0.2, -0.15) is 0 Å². The Morgan fingerprint density at radius 2 is 1.32 bits per heavy atom. The third-order valence-corrected chi connectivity index (χ3v) is 6.13. The smallest absolute Gasteiger partial charge is 0.144 e. The second-order valence-corrected chi connectivity index (χ2v) is 13.2. The topological polar surface area (TPSA) is 12.9 Å². The van der Waals surface area contributed by atoms with Crippen molar-refractivity contribution in [2.45, 2.75) is 130 Å². The standard InChI is InChI=1S/C9H10FN.C9H12.C9H18.C5H12.C4H8.C2H6/c1-6(2)8-4-9(10)7(3)11-5-8;1-7-4-5-8(2)9(3)6-7;1-7(2)8(3)9-5-4-6-9;1-5(2,3)4;1-4(2)3;1-2/h4-5H,1H2,2-3H3;4-6H,1-3H3;7-9H,4-6H2,1-3H3;1-4H3;1H2,2-3H3;1-2H3. The van der Waals surface area contributed by atoms with Crippen molar-refractivity contribution in [3.8, 4) is 0 Å². The van der Waals surface area contributed by atoms with Gasteiger partial charge in [0.15, 0.2) is 0 Å². The van der Waals surface area contributed by atoms with E-state index in [-0.39, 0.29) is 5.82 Å². The molecule has 1 aliphatic carbocycles. The van der Waals surface area contributed by atoms with Crippen LogP contribution in [0.15, 0.2) is 49.2 Å². The Kier molecular flexibility index (Phi) is 23.7. The summed E-state index contributed by atoms with van der Waals surface area (Å²) in [6.07, 6.45) is 6.11. The molecule has 1 saturated carbocycles. The molecule has 1 aliphatic rings. The second kappa shape index (κ2) is 22.5. The Bertz CT molecular complexity index is 948. The van der Waals surface area contributed by atoms with Crippen LogP contribution in [0.1, 0.15) is 130 Å². The number of benzene rings is 1. The van der Waals surface area contributed by atoms with Gasteiger partial charge in [0.05, 0.1) is 5.69 Å². The van der Waals surface area contributed by atoms with E-state index in [4.69, 9.17) is 0 Å². The molecule has 40 heavy (non-hydrogen) atoms. The molecule has 0 amide bonds. The lowest BCUT2D eigenvalue weighted by Crippen LogP contribution is -2.23. The van der Waals surface area contributed by atoms with Crippen LogP contribution in [-0.4, -0.2) is 4.98 Å². The quantitative estimate of drug-likeness (QED) is 0.343. The lowest BCUT2D eigenvalue weighted by molar-refractivity contribution is 0.176. The number of nitrogens with zero attached hydrogens (tertiary/aromatic N) is 1. The van der Waals surface area contributed by atoms with Crippen molar-refractivity contribution in [2.24, 2.45) is 23.2 Å². The van der Waals surface area contributed by atoms with E-state index in [1.165, 1.54) is 47.6 Å². The van der Waals surface area contributed by atoms with Gasteiger partial charge in [0.25, 0.3) is 0 Å². The first kappa shape index (κ1) is 42.2. The van der Waals surface area contributed by atoms with Gasteiger partial charge in [-0.15, -0.1) is 6.58 Å². The highest BCUT2D eigenvalue weighted by molar-refractivity contribution is 5.60. The van der Waals surface area contributed by atoms with Crippen LogP contribution in [0.25, 0.3) is 5.57 Å². The average molecular weight is 556 g/mol. The molecule has 1 heterocycles. The third-order valence-electron chi connectivity index (χ3n) is 6.13. The van der Waals surface area contributed by atoms with E-state index >= 15 is 0 Å². The van der Waals surface area contributed by atoms with Gasteiger partial charge in [-0.05, 0) is 100.0 Å². The molecule has 230 valence electrons. The molecule has 0 saturated heterocycles. The van der Waals surface area contributed by atoms with Crippen molar-refractivity contribution < 1.29 is 4.39 Å². The van der Waals surface area contributed by atoms with Crippen LogP contribution >= 0.6 is 0 Å². The zero-order chi connectivity index (χ0) is 32.2. The van der Waals surface area contributed by atoms with E-state index in [1.807, 2.05) is 34.6 Å². The summed E-state index contributed by atoms with van der Waals surface area (Å²) in [6.45, 7) is 40.9. The first-order valence-corrected chi connectivity index (χ1v) is 15.2. The van der Waals surface area contributed by atoms with Crippen molar-refractivity contribution in [1.82, 2.24) is 4.98 Å². The van der Waals surface area contributed by atoms with Crippen LogP contribution in [0.5, 0.6) is 0 Å². The minimum atomic E-state index is -0.273. The first-order chi connectivity index (χ1) is 18.3. The minimum absolute atomic E-state index is 0.273. The van der Waals surface area contributed by atoms with Gasteiger partial charge in [-0.3, -0.25) is 4.98 Å². The number of hydrogen-bond acceptors (Lipinski definition) is 1. The van der Waals surface area contributed by atoms with Crippen LogP contribution in [0.4, 0.5) is 4.39 Å². The van der Waals surface area contributed by atoms with E-state index in [2.05, 4.69) is 106 Å². The fourth-order valence-electron chi connectivity index (χ4n) is 3.14. The largest absolute Gasteiger partial charge is 0.258 e. The summed E-state index contributed by atoms with van der Waals surface area (Å²) >= 11 is 0. The molecule has 1 aromatic heterocycles. The minimum Gasteiger partial charge on any atom is -0.258 e. The summed E-state index contributed by atoms with van der Waals surface area (Å²) in [7, 11) is 0. The lowest BCUT2D eigenvalue weighted by atomic mass is 9.72. The fourth-order valence-corrected chi connectivity index (χ4v) is 3.14. The van der Waals surface area contributed by atoms with Gasteiger partial charge in [-0.25, -0.2) is 4.39 Å². The van der Waals surface area contributed by atoms with Crippen LogP contribution in [0.2, 0.25) is 0 Å². The molecule has 0 aliphatic heterocycles. The van der Waals surface area contributed by atoms with Crippen LogP contribution < -0.4 is 0 Å². The van der Waals surface area contributed by atoms with Crippen molar-refractivity contribution in [1.29, 1.82) is 0 Å². The third kappa shape index (κ3) is 24.8. The summed E-state index contributed by atoms with van der Waals surface area (Å²) in [5.41, 5.74) is 7.79. The SMILES string of the molecule is C=C(C)C.C=C(C)c1cnc(C)c(F)c1.CC.CC(C)(C)C.CC(C)C(C)C1CCC1.Cc1ccc(C)c(C)c1. The Hall–Kier alpha value is -2.22. The molecule has 2 aromatic rings. The number of pyridine rings is 1. The van der Waals surface area contributed by atoms with Gasteiger partial charge in [0.1, 0.15) is 5.82 Å². The maximum Gasteiger partial charge on any atom is 0.144 e. The Morgan fingerprint density at radius 3 is 1.57 bits per heavy atom. The highest BCUT2D eigenvalue weighted by Crippen LogP contribution is 2.36. The highest BCUT2D eigenvalue weighted by atomic mass is 19.1. The van der Waals surface area contributed by atoms with Crippen molar-refractivity contribution >= 4 is 5.57 Å². The van der Waals surface area contributed by atoms with Gasteiger partial charge in [0, 0.05) is 6.20 Å². The highest BCUT2D eigenvalue weighted by Gasteiger charge is 2.25. The van der Waals surface area contributed by atoms with E-state index in [0.29, 0.717) is 11.1 Å². The molecule has 1 fully saturated rings. The zero-order valence-corrected chi connectivity index (χ0v) is 29.5. The number of halogens is 1. The molecule has 0 N–H and O–H groups in total. The number of aromatic nitrogens is 1. The van der Waals surface area contributed by atoms with E-state index in [9.17, 15) is 4.39 Å². The predicted octanol–water partition coefficient (Wildman–Crippen LogP) is 12.9. The van der Waals surface area contributed by atoms with Gasteiger partial charge >= 0.3 is 0 Å². The fraction of sp³-hybridized carbons (Fsp3) is 0.605. The zero-order valence-electron chi connectivity index (χ0n) is 29.5. The van der Waals surface area contributed by atoms with Gasteiger partial charge in [-0.1, -0.05) is 117 Å². The van der Waals surface area contributed by atoms with Crippen LogP contribution in [0.3, 0.4) is 0 Å². The molecular formula is C38H66FN. The Morgan fingerprint density at radius 1 is 0.875 bits per heavy atom. The van der Waals surface area contributed by atoms with Crippen LogP contribution in [0, 0.1) is 56.7 Å². The summed E-state index contributed by atoms with van der Waals surface area (Å²) in [6, 6.07) is 7.95. The normalized spacial score (nSPS) is 12.6. The number of rotatable bonds is 3.